The first kappa shape index (κ1) is 13.8. The van der Waals surface area contributed by atoms with Crippen molar-refractivity contribution in [1.29, 1.82) is 0 Å². The smallest absolute Gasteiger partial charge is 0.235 e. The molecule has 1 N–H and O–H groups in total. The zero-order chi connectivity index (χ0) is 12.5. The summed E-state index contributed by atoms with van der Waals surface area (Å²) < 4.78 is 5.61. The van der Waals surface area contributed by atoms with Crippen molar-refractivity contribution in [3.63, 3.8) is 0 Å². The van der Waals surface area contributed by atoms with Gasteiger partial charge >= 0.3 is 0 Å². The van der Waals surface area contributed by atoms with E-state index in [4.69, 9.17) is 4.42 Å². The van der Waals surface area contributed by atoms with Crippen LogP contribution in [0.15, 0.2) is 63.8 Å². The van der Waals surface area contributed by atoms with Gasteiger partial charge < -0.3 is 9.52 Å². The first-order valence-electron chi connectivity index (χ1n) is 5.57. The van der Waals surface area contributed by atoms with E-state index in [2.05, 4.69) is 0 Å². The van der Waals surface area contributed by atoms with E-state index in [1.807, 2.05) is 18.2 Å². The van der Waals surface area contributed by atoms with Gasteiger partial charge in [0, 0.05) is 31.8 Å². The second-order valence-electron chi connectivity index (χ2n) is 3.97. The van der Waals surface area contributed by atoms with Crippen LogP contribution in [0.2, 0.25) is 0 Å². The Hall–Kier alpha value is -1.67. The molecule has 0 aliphatic rings. The molecule has 0 saturated carbocycles. The van der Waals surface area contributed by atoms with Gasteiger partial charge in [0.1, 0.15) is 5.58 Å². The van der Waals surface area contributed by atoms with Crippen molar-refractivity contribution in [2.45, 2.75) is 0 Å². The fraction of sp³-hybridized carbons (Fsp3) is 0. The maximum absolute atomic E-state index is 12.0. The first-order chi connectivity index (χ1) is 8.77. The Labute approximate surface area is 128 Å². The summed E-state index contributed by atoms with van der Waals surface area (Å²) in [6.45, 7) is 0. The average Bonchev–Trinajstić information content (AvgIpc) is 2.44. The van der Waals surface area contributed by atoms with Crippen LogP contribution in [0, 0.1) is 0 Å². The van der Waals surface area contributed by atoms with E-state index in [9.17, 15) is 9.90 Å². The molecule has 1 heterocycles. The van der Waals surface area contributed by atoms with Gasteiger partial charge in [-0.1, -0.05) is 42.5 Å². The van der Waals surface area contributed by atoms with E-state index in [1.165, 1.54) is 0 Å². The molecule has 0 fully saturated rings. The Morgan fingerprint density at radius 1 is 0.895 bits per heavy atom. The van der Waals surface area contributed by atoms with Gasteiger partial charge in [0.2, 0.25) is 11.2 Å². The van der Waals surface area contributed by atoms with E-state index in [1.54, 1.807) is 36.4 Å². The standard InChI is InChI=1S/C15H10O3.Zr/c16-13-11-8-4-5-9-12(11)18-15(14(13)17)10-6-2-1-3-7-10;/h1-9,17H;. The third-order valence-corrected chi connectivity index (χ3v) is 2.81. The van der Waals surface area contributed by atoms with Crippen molar-refractivity contribution >= 4 is 11.0 Å². The molecule has 4 heteroatoms. The molecule has 0 amide bonds. The zero-order valence-corrected chi connectivity index (χ0v) is 12.4. The molecule has 2 aromatic carbocycles. The normalized spacial score (nSPS) is 10.1. The van der Waals surface area contributed by atoms with Crippen LogP contribution in [0.3, 0.4) is 0 Å². The van der Waals surface area contributed by atoms with Crippen LogP contribution in [0.1, 0.15) is 0 Å². The van der Waals surface area contributed by atoms with Crippen molar-refractivity contribution in [1.82, 2.24) is 0 Å². The number of rotatable bonds is 1. The van der Waals surface area contributed by atoms with Crippen LogP contribution >= 0.6 is 0 Å². The van der Waals surface area contributed by atoms with E-state index in [-0.39, 0.29) is 37.7 Å². The van der Waals surface area contributed by atoms with Crippen molar-refractivity contribution in [3.05, 3.63) is 64.8 Å². The largest absolute Gasteiger partial charge is 0.502 e. The van der Waals surface area contributed by atoms with Gasteiger partial charge in [-0.2, -0.15) is 0 Å². The Bertz CT molecular complexity index is 763. The molecule has 0 atom stereocenters. The molecule has 0 spiro atoms. The fourth-order valence-corrected chi connectivity index (χ4v) is 1.92. The zero-order valence-electron chi connectivity index (χ0n) is 9.96. The maximum Gasteiger partial charge on any atom is 0.235 e. The molecule has 0 bridgehead atoms. The molecule has 3 rings (SSSR count). The van der Waals surface area contributed by atoms with Crippen LogP contribution < -0.4 is 5.43 Å². The summed E-state index contributed by atoms with van der Waals surface area (Å²) in [7, 11) is 0. The maximum atomic E-state index is 12.0. The number of para-hydroxylation sites is 1. The Morgan fingerprint density at radius 2 is 1.53 bits per heavy atom. The van der Waals surface area contributed by atoms with Crippen LogP contribution in [-0.4, -0.2) is 5.11 Å². The monoisotopic (exact) mass is 328 g/mol. The second-order valence-corrected chi connectivity index (χ2v) is 3.97. The van der Waals surface area contributed by atoms with Gasteiger partial charge in [0.25, 0.3) is 0 Å². The minimum absolute atomic E-state index is 0. The summed E-state index contributed by atoms with van der Waals surface area (Å²) in [5.41, 5.74) is 0.743. The average molecular weight is 329 g/mol. The van der Waals surface area contributed by atoms with Crippen LogP contribution in [0.4, 0.5) is 0 Å². The molecule has 0 saturated heterocycles. The third-order valence-electron chi connectivity index (χ3n) is 2.81. The second kappa shape index (κ2) is 5.54. The molecule has 3 nitrogen and oxygen atoms in total. The van der Waals surface area contributed by atoms with E-state index in [0.717, 1.165) is 0 Å². The molecular weight excluding hydrogens is 319 g/mol. The van der Waals surface area contributed by atoms with Crippen LogP contribution in [0.5, 0.6) is 5.75 Å². The number of hydrogen-bond donors (Lipinski definition) is 1. The Morgan fingerprint density at radius 3 is 2.26 bits per heavy atom. The predicted octanol–water partition coefficient (Wildman–Crippen LogP) is 3.16. The SMILES string of the molecule is O=c1c(O)c(-c2ccccc2)oc2ccccc12.[Zr]. The Balaban J connectivity index is 0.00000133. The molecule has 19 heavy (non-hydrogen) atoms. The van der Waals surface area contributed by atoms with Crippen LogP contribution in [-0.2, 0) is 26.2 Å². The summed E-state index contributed by atoms with van der Waals surface area (Å²) in [6, 6.07) is 15.9. The fourth-order valence-electron chi connectivity index (χ4n) is 1.92. The molecule has 1 aromatic heterocycles. The van der Waals surface area contributed by atoms with Gasteiger partial charge in [-0.25, -0.2) is 0 Å². The van der Waals surface area contributed by atoms with Crippen molar-refractivity contribution in [3.8, 4) is 17.1 Å². The summed E-state index contributed by atoms with van der Waals surface area (Å²) in [4.78, 5) is 12.0. The van der Waals surface area contributed by atoms with Crippen molar-refractivity contribution < 1.29 is 35.7 Å². The summed E-state index contributed by atoms with van der Waals surface area (Å²) >= 11 is 0. The van der Waals surface area contributed by atoms with Gasteiger partial charge in [0.05, 0.1) is 5.39 Å². The molecule has 0 unspecified atom stereocenters. The summed E-state index contributed by atoms with van der Waals surface area (Å²) in [6.07, 6.45) is 0. The molecule has 3 aromatic rings. The topological polar surface area (TPSA) is 50.4 Å². The van der Waals surface area contributed by atoms with Crippen molar-refractivity contribution in [2.24, 2.45) is 0 Å². The molecule has 92 valence electrons. The van der Waals surface area contributed by atoms with Crippen LogP contribution in [0.25, 0.3) is 22.3 Å². The summed E-state index contributed by atoms with van der Waals surface area (Å²) in [5.74, 6) is -0.140. The molecule has 0 radical (unpaired) electrons. The van der Waals surface area contributed by atoms with Gasteiger partial charge in [0.15, 0.2) is 5.76 Å². The molecule has 0 aliphatic carbocycles. The number of fused-ring (bicyclic) bond motifs is 1. The molecule has 0 aliphatic heterocycles. The van der Waals surface area contributed by atoms with E-state index >= 15 is 0 Å². The van der Waals surface area contributed by atoms with E-state index in [0.29, 0.717) is 16.5 Å². The Kier molecular flexibility index (Phi) is 4.01. The number of benzene rings is 2. The third kappa shape index (κ3) is 2.41. The molecular formula is C15H10O3Zr. The van der Waals surface area contributed by atoms with Gasteiger partial charge in [-0.05, 0) is 12.1 Å². The van der Waals surface area contributed by atoms with Gasteiger partial charge in [-0.15, -0.1) is 0 Å². The van der Waals surface area contributed by atoms with E-state index < -0.39 is 5.43 Å². The number of hydrogen-bond acceptors (Lipinski definition) is 3. The van der Waals surface area contributed by atoms with Crippen molar-refractivity contribution in [2.75, 3.05) is 0 Å². The quantitative estimate of drug-likeness (QED) is 0.746. The minimum atomic E-state index is -0.407. The number of aromatic hydroxyl groups is 1. The predicted molar refractivity (Wildman–Crippen MR) is 69.6 cm³/mol. The summed E-state index contributed by atoms with van der Waals surface area (Å²) in [5, 5.41) is 10.3. The van der Waals surface area contributed by atoms with Gasteiger partial charge in [-0.3, -0.25) is 4.79 Å². The first-order valence-corrected chi connectivity index (χ1v) is 5.57. The minimum Gasteiger partial charge on any atom is -0.502 e.